The van der Waals surface area contributed by atoms with Gasteiger partial charge in [-0.3, -0.25) is 4.98 Å². The third kappa shape index (κ3) is 1.68. The third-order valence-electron chi connectivity index (χ3n) is 2.44. The predicted octanol–water partition coefficient (Wildman–Crippen LogP) is 0.746. The fraction of sp³-hybridized carbons (Fsp3) is 0.400. The summed E-state index contributed by atoms with van der Waals surface area (Å²) in [4.78, 5) is 3.95. The van der Waals surface area contributed by atoms with E-state index in [0.29, 0.717) is 17.5 Å². The molecule has 1 aromatic heterocycles. The molecule has 0 bridgehead atoms. The summed E-state index contributed by atoms with van der Waals surface area (Å²) in [5, 5.41) is 20.9. The van der Waals surface area contributed by atoms with E-state index in [1.165, 1.54) is 0 Å². The lowest BCUT2D eigenvalue weighted by Gasteiger charge is -2.05. The SMILES string of the molecule is N#Cc1ccncc1N[C@@H]1C[C@H]1CO. The molecule has 1 aliphatic carbocycles. The zero-order valence-electron chi connectivity index (χ0n) is 7.64. The lowest BCUT2D eigenvalue weighted by atomic mass is 10.2. The molecule has 1 aliphatic rings. The van der Waals surface area contributed by atoms with E-state index in [1.54, 1.807) is 18.5 Å². The maximum Gasteiger partial charge on any atom is 0.101 e. The fourth-order valence-corrected chi connectivity index (χ4v) is 1.43. The van der Waals surface area contributed by atoms with Crippen molar-refractivity contribution in [3.8, 4) is 6.07 Å². The Morgan fingerprint density at radius 3 is 3.21 bits per heavy atom. The normalized spacial score (nSPS) is 24.0. The number of pyridine rings is 1. The average molecular weight is 189 g/mol. The van der Waals surface area contributed by atoms with Gasteiger partial charge in [0.2, 0.25) is 0 Å². The van der Waals surface area contributed by atoms with E-state index in [9.17, 15) is 0 Å². The zero-order valence-corrected chi connectivity index (χ0v) is 7.64. The lowest BCUT2D eigenvalue weighted by molar-refractivity contribution is 0.275. The van der Waals surface area contributed by atoms with E-state index >= 15 is 0 Å². The van der Waals surface area contributed by atoms with Crippen LogP contribution in [0.1, 0.15) is 12.0 Å². The molecule has 0 aliphatic heterocycles. The first kappa shape index (κ1) is 8.97. The van der Waals surface area contributed by atoms with Gasteiger partial charge < -0.3 is 10.4 Å². The molecule has 0 spiro atoms. The number of aliphatic hydroxyl groups excluding tert-OH is 1. The van der Waals surface area contributed by atoms with Crippen molar-refractivity contribution < 1.29 is 5.11 Å². The Hall–Kier alpha value is -1.60. The Labute approximate surface area is 82.2 Å². The summed E-state index contributed by atoms with van der Waals surface area (Å²) >= 11 is 0. The summed E-state index contributed by atoms with van der Waals surface area (Å²) in [6.45, 7) is 0.208. The van der Waals surface area contributed by atoms with Crippen LogP contribution in [-0.4, -0.2) is 22.7 Å². The first-order chi connectivity index (χ1) is 6.85. The molecule has 1 fully saturated rings. The summed E-state index contributed by atoms with van der Waals surface area (Å²) in [7, 11) is 0. The Bertz CT molecular complexity index is 372. The molecule has 1 saturated carbocycles. The van der Waals surface area contributed by atoms with Crippen LogP contribution in [0, 0.1) is 17.2 Å². The van der Waals surface area contributed by atoms with Crippen LogP contribution in [-0.2, 0) is 0 Å². The number of nitrogens with zero attached hydrogens (tertiary/aromatic N) is 2. The van der Waals surface area contributed by atoms with Crippen LogP contribution in [0.3, 0.4) is 0 Å². The second-order valence-corrected chi connectivity index (χ2v) is 3.46. The molecule has 4 heteroatoms. The maximum atomic E-state index is 8.86. The second kappa shape index (κ2) is 3.64. The standard InChI is InChI=1S/C10H11N3O/c11-4-7-1-2-12-5-10(7)13-9-3-8(9)6-14/h1-2,5,8-9,13-14H,3,6H2/t8-,9+/m0/s1. The highest BCUT2D eigenvalue weighted by molar-refractivity contribution is 5.56. The van der Waals surface area contributed by atoms with Gasteiger partial charge in [-0.15, -0.1) is 0 Å². The highest BCUT2D eigenvalue weighted by Crippen LogP contribution is 2.33. The van der Waals surface area contributed by atoms with Crippen LogP contribution in [0.4, 0.5) is 5.69 Å². The fourth-order valence-electron chi connectivity index (χ4n) is 1.43. The van der Waals surface area contributed by atoms with Gasteiger partial charge in [0.15, 0.2) is 0 Å². The van der Waals surface area contributed by atoms with Gasteiger partial charge in [-0.1, -0.05) is 0 Å². The van der Waals surface area contributed by atoms with E-state index in [0.717, 1.165) is 12.1 Å². The first-order valence-corrected chi connectivity index (χ1v) is 4.56. The molecular weight excluding hydrogens is 178 g/mol. The molecule has 4 nitrogen and oxygen atoms in total. The third-order valence-corrected chi connectivity index (χ3v) is 2.44. The van der Waals surface area contributed by atoms with Crippen molar-refractivity contribution in [3.63, 3.8) is 0 Å². The van der Waals surface area contributed by atoms with Crippen LogP contribution in [0.25, 0.3) is 0 Å². The van der Waals surface area contributed by atoms with Crippen LogP contribution in [0.2, 0.25) is 0 Å². The van der Waals surface area contributed by atoms with Gasteiger partial charge in [0.1, 0.15) is 6.07 Å². The van der Waals surface area contributed by atoms with Crippen molar-refractivity contribution >= 4 is 5.69 Å². The van der Waals surface area contributed by atoms with Gasteiger partial charge >= 0.3 is 0 Å². The van der Waals surface area contributed by atoms with E-state index < -0.39 is 0 Å². The highest BCUT2D eigenvalue weighted by atomic mass is 16.3. The molecule has 2 N–H and O–H groups in total. The van der Waals surface area contributed by atoms with Crippen molar-refractivity contribution in [1.29, 1.82) is 5.26 Å². The van der Waals surface area contributed by atoms with Crippen molar-refractivity contribution in [2.45, 2.75) is 12.5 Å². The molecule has 0 aromatic carbocycles. The summed E-state index contributed by atoms with van der Waals surface area (Å²) in [5.41, 5.74) is 1.36. The van der Waals surface area contributed by atoms with Gasteiger partial charge in [0.25, 0.3) is 0 Å². The van der Waals surface area contributed by atoms with Crippen molar-refractivity contribution in [3.05, 3.63) is 24.0 Å². The van der Waals surface area contributed by atoms with Gasteiger partial charge in [-0.2, -0.15) is 5.26 Å². The lowest BCUT2D eigenvalue weighted by Crippen LogP contribution is -2.07. The van der Waals surface area contributed by atoms with Gasteiger partial charge in [0.05, 0.1) is 17.4 Å². The van der Waals surface area contributed by atoms with E-state index in [1.807, 2.05) is 0 Å². The number of anilines is 1. The quantitative estimate of drug-likeness (QED) is 0.736. The van der Waals surface area contributed by atoms with E-state index in [4.69, 9.17) is 10.4 Å². The molecule has 0 saturated heterocycles. The molecular formula is C10H11N3O. The van der Waals surface area contributed by atoms with Crippen LogP contribution < -0.4 is 5.32 Å². The minimum atomic E-state index is 0.208. The Balaban J connectivity index is 2.07. The Kier molecular flexibility index (Phi) is 2.33. The number of rotatable bonds is 3. The molecule has 0 amide bonds. The number of aliphatic hydroxyl groups is 1. The second-order valence-electron chi connectivity index (χ2n) is 3.46. The Morgan fingerprint density at radius 2 is 2.57 bits per heavy atom. The summed E-state index contributed by atoms with van der Waals surface area (Å²) in [5.74, 6) is 0.335. The number of nitriles is 1. The number of hydrogen-bond acceptors (Lipinski definition) is 4. The summed E-state index contributed by atoms with van der Waals surface area (Å²) in [6, 6.07) is 4.08. The zero-order chi connectivity index (χ0) is 9.97. The van der Waals surface area contributed by atoms with Gasteiger partial charge in [-0.05, 0) is 12.5 Å². The number of aromatic nitrogens is 1. The first-order valence-electron chi connectivity index (χ1n) is 4.56. The van der Waals surface area contributed by atoms with Gasteiger partial charge in [-0.25, -0.2) is 0 Å². The summed E-state index contributed by atoms with van der Waals surface area (Å²) in [6.07, 6.45) is 4.21. The largest absolute Gasteiger partial charge is 0.396 e. The highest BCUT2D eigenvalue weighted by Gasteiger charge is 2.36. The molecule has 1 aromatic rings. The molecule has 72 valence electrons. The van der Waals surface area contributed by atoms with Crippen molar-refractivity contribution in [2.24, 2.45) is 5.92 Å². The minimum Gasteiger partial charge on any atom is -0.396 e. The van der Waals surface area contributed by atoms with E-state index in [2.05, 4.69) is 16.4 Å². The monoisotopic (exact) mass is 189 g/mol. The summed E-state index contributed by atoms with van der Waals surface area (Å²) < 4.78 is 0. The molecule has 14 heavy (non-hydrogen) atoms. The molecule has 1 heterocycles. The predicted molar refractivity (Wildman–Crippen MR) is 51.6 cm³/mol. The maximum absolute atomic E-state index is 8.86. The number of hydrogen-bond donors (Lipinski definition) is 2. The average Bonchev–Trinajstić information content (AvgIpc) is 2.97. The number of nitrogens with one attached hydrogen (secondary N) is 1. The van der Waals surface area contributed by atoms with Crippen LogP contribution in [0.5, 0.6) is 0 Å². The van der Waals surface area contributed by atoms with Crippen molar-refractivity contribution in [1.82, 2.24) is 4.98 Å². The molecule has 0 radical (unpaired) electrons. The van der Waals surface area contributed by atoms with Crippen LogP contribution >= 0.6 is 0 Å². The Morgan fingerprint density at radius 1 is 1.71 bits per heavy atom. The van der Waals surface area contributed by atoms with E-state index in [-0.39, 0.29) is 6.61 Å². The molecule has 2 atom stereocenters. The van der Waals surface area contributed by atoms with Crippen LogP contribution in [0.15, 0.2) is 18.5 Å². The smallest absolute Gasteiger partial charge is 0.101 e. The topological polar surface area (TPSA) is 68.9 Å². The minimum absolute atomic E-state index is 0.208. The molecule has 0 unspecified atom stereocenters. The van der Waals surface area contributed by atoms with Crippen molar-refractivity contribution in [2.75, 3.05) is 11.9 Å². The van der Waals surface area contributed by atoms with Gasteiger partial charge in [0, 0.05) is 24.8 Å². The molecule has 2 rings (SSSR count).